The van der Waals surface area contributed by atoms with Gasteiger partial charge in [0.05, 0.1) is 19.6 Å². The van der Waals surface area contributed by atoms with Gasteiger partial charge in [0.1, 0.15) is 5.75 Å². The van der Waals surface area contributed by atoms with Crippen molar-refractivity contribution in [1.29, 1.82) is 0 Å². The smallest absolute Gasteiger partial charge is 0.224 e. The molecule has 2 aromatic carbocycles. The molecule has 0 spiro atoms. The van der Waals surface area contributed by atoms with Crippen LogP contribution in [0.3, 0.4) is 0 Å². The second kappa shape index (κ2) is 6.93. The van der Waals surface area contributed by atoms with Crippen LogP contribution in [0.1, 0.15) is 29.7 Å². The summed E-state index contributed by atoms with van der Waals surface area (Å²) in [6.07, 6.45) is 0.377. The van der Waals surface area contributed by atoms with Gasteiger partial charge in [-0.25, -0.2) is 0 Å². The number of aryl methyl sites for hydroxylation is 1. The Hall–Kier alpha value is -2.29. The zero-order valence-electron chi connectivity index (χ0n) is 12.7. The summed E-state index contributed by atoms with van der Waals surface area (Å²) in [4.78, 5) is 12.1. The third-order valence-corrected chi connectivity index (χ3v) is 3.50. The predicted molar refractivity (Wildman–Crippen MR) is 84.4 cm³/mol. The number of hydrogen-bond donors (Lipinski definition) is 1. The molecule has 0 fully saturated rings. The van der Waals surface area contributed by atoms with E-state index in [0.29, 0.717) is 6.42 Å². The van der Waals surface area contributed by atoms with E-state index in [4.69, 9.17) is 4.74 Å². The Morgan fingerprint density at radius 2 is 1.90 bits per heavy atom. The molecule has 2 aromatic rings. The predicted octanol–water partition coefficient (Wildman–Crippen LogP) is 3.42. The molecule has 0 aromatic heterocycles. The van der Waals surface area contributed by atoms with Gasteiger partial charge in [0.15, 0.2) is 0 Å². The Morgan fingerprint density at radius 1 is 1.19 bits per heavy atom. The third kappa shape index (κ3) is 4.09. The van der Waals surface area contributed by atoms with Gasteiger partial charge in [0.2, 0.25) is 5.91 Å². The molecule has 0 bridgehead atoms. The van der Waals surface area contributed by atoms with E-state index in [9.17, 15) is 4.79 Å². The number of rotatable bonds is 5. The highest BCUT2D eigenvalue weighted by atomic mass is 16.5. The first-order valence-corrected chi connectivity index (χ1v) is 7.08. The Morgan fingerprint density at radius 3 is 2.52 bits per heavy atom. The molecule has 21 heavy (non-hydrogen) atoms. The van der Waals surface area contributed by atoms with Gasteiger partial charge < -0.3 is 10.1 Å². The molecule has 1 amide bonds. The first kappa shape index (κ1) is 15.1. The largest absolute Gasteiger partial charge is 0.496 e. The highest BCUT2D eigenvalue weighted by Crippen LogP contribution is 2.19. The summed E-state index contributed by atoms with van der Waals surface area (Å²) < 4.78 is 5.23. The number of methoxy groups -OCH3 is 1. The van der Waals surface area contributed by atoms with Crippen molar-refractivity contribution in [1.82, 2.24) is 5.32 Å². The summed E-state index contributed by atoms with van der Waals surface area (Å²) in [7, 11) is 1.65. The van der Waals surface area contributed by atoms with E-state index in [1.165, 1.54) is 0 Å². The monoisotopic (exact) mass is 283 g/mol. The number of nitrogens with one attached hydrogen (secondary N) is 1. The van der Waals surface area contributed by atoms with Gasteiger partial charge in [-0.05, 0) is 36.6 Å². The molecular weight excluding hydrogens is 262 g/mol. The molecule has 0 saturated carbocycles. The van der Waals surface area contributed by atoms with Gasteiger partial charge in [-0.1, -0.05) is 42.5 Å². The topological polar surface area (TPSA) is 38.3 Å². The lowest BCUT2D eigenvalue weighted by Gasteiger charge is -2.14. The van der Waals surface area contributed by atoms with Gasteiger partial charge in [-0.2, -0.15) is 0 Å². The van der Waals surface area contributed by atoms with Crippen molar-refractivity contribution in [2.24, 2.45) is 0 Å². The van der Waals surface area contributed by atoms with Crippen LogP contribution in [0.2, 0.25) is 0 Å². The summed E-state index contributed by atoms with van der Waals surface area (Å²) >= 11 is 0. The number of carbonyl (C=O) groups excluding carboxylic acids is 1. The molecule has 0 aliphatic heterocycles. The van der Waals surface area contributed by atoms with Crippen LogP contribution in [0, 0.1) is 6.92 Å². The van der Waals surface area contributed by atoms with Crippen LogP contribution >= 0.6 is 0 Å². The molecule has 3 heteroatoms. The van der Waals surface area contributed by atoms with E-state index < -0.39 is 0 Å². The Labute approximate surface area is 126 Å². The van der Waals surface area contributed by atoms with Crippen LogP contribution in [-0.4, -0.2) is 13.0 Å². The van der Waals surface area contributed by atoms with Crippen molar-refractivity contribution in [3.8, 4) is 5.75 Å². The molecule has 110 valence electrons. The minimum atomic E-state index is 0.0121. The average Bonchev–Trinajstić information content (AvgIpc) is 2.48. The fourth-order valence-corrected chi connectivity index (χ4v) is 2.35. The van der Waals surface area contributed by atoms with Crippen LogP contribution in [0.25, 0.3) is 0 Å². The zero-order valence-corrected chi connectivity index (χ0v) is 12.7. The molecule has 1 atom stereocenters. The van der Waals surface area contributed by atoms with Crippen LogP contribution < -0.4 is 10.1 Å². The number of benzene rings is 2. The Bertz CT molecular complexity index is 608. The molecule has 1 N–H and O–H groups in total. The standard InChI is InChI=1S/C18H21NO2/c1-13-11-15(9-10-17(13)21-3)12-18(20)19-14(2)16-7-5-4-6-8-16/h4-11,14H,12H2,1-3H3,(H,19,20)/t14-/m1/s1. The molecule has 0 heterocycles. The van der Waals surface area contributed by atoms with E-state index in [1.54, 1.807) is 7.11 Å². The van der Waals surface area contributed by atoms with Gasteiger partial charge >= 0.3 is 0 Å². The number of amides is 1. The molecule has 0 aliphatic rings. The van der Waals surface area contributed by atoms with E-state index in [2.05, 4.69) is 5.32 Å². The van der Waals surface area contributed by atoms with Crippen molar-refractivity contribution in [2.75, 3.05) is 7.11 Å². The van der Waals surface area contributed by atoms with Crippen molar-refractivity contribution < 1.29 is 9.53 Å². The average molecular weight is 283 g/mol. The maximum absolute atomic E-state index is 12.1. The number of hydrogen-bond acceptors (Lipinski definition) is 2. The van der Waals surface area contributed by atoms with Gasteiger partial charge in [0.25, 0.3) is 0 Å². The minimum Gasteiger partial charge on any atom is -0.496 e. The zero-order chi connectivity index (χ0) is 15.2. The van der Waals surface area contributed by atoms with E-state index in [0.717, 1.165) is 22.4 Å². The van der Waals surface area contributed by atoms with E-state index in [1.807, 2.05) is 62.4 Å². The Kier molecular flexibility index (Phi) is 4.99. The summed E-state index contributed by atoms with van der Waals surface area (Å²) in [5, 5.41) is 3.02. The molecule has 0 saturated heterocycles. The first-order chi connectivity index (χ1) is 10.1. The molecular formula is C18H21NO2. The molecule has 2 rings (SSSR count). The maximum Gasteiger partial charge on any atom is 0.224 e. The van der Waals surface area contributed by atoms with Crippen molar-refractivity contribution in [3.05, 3.63) is 65.2 Å². The van der Waals surface area contributed by atoms with Crippen LogP contribution in [0.15, 0.2) is 48.5 Å². The number of carbonyl (C=O) groups is 1. The molecule has 3 nitrogen and oxygen atoms in total. The number of ether oxygens (including phenoxy) is 1. The molecule has 0 unspecified atom stereocenters. The lowest BCUT2D eigenvalue weighted by Crippen LogP contribution is -2.28. The third-order valence-electron chi connectivity index (χ3n) is 3.50. The lowest BCUT2D eigenvalue weighted by atomic mass is 10.1. The lowest BCUT2D eigenvalue weighted by molar-refractivity contribution is -0.121. The van der Waals surface area contributed by atoms with Crippen molar-refractivity contribution >= 4 is 5.91 Å². The molecule has 0 radical (unpaired) electrons. The van der Waals surface area contributed by atoms with Gasteiger partial charge in [-0.15, -0.1) is 0 Å². The van der Waals surface area contributed by atoms with E-state index in [-0.39, 0.29) is 11.9 Å². The van der Waals surface area contributed by atoms with Gasteiger partial charge in [0, 0.05) is 0 Å². The summed E-state index contributed by atoms with van der Waals surface area (Å²) in [6, 6.07) is 15.8. The first-order valence-electron chi connectivity index (χ1n) is 7.08. The minimum absolute atomic E-state index is 0.0121. The summed E-state index contributed by atoms with van der Waals surface area (Å²) in [5.74, 6) is 0.868. The van der Waals surface area contributed by atoms with Gasteiger partial charge in [-0.3, -0.25) is 4.79 Å². The highest BCUT2D eigenvalue weighted by Gasteiger charge is 2.10. The SMILES string of the molecule is COc1ccc(CC(=O)N[C@H](C)c2ccccc2)cc1C. The van der Waals surface area contributed by atoms with Crippen LogP contribution in [0.5, 0.6) is 5.75 Å². The highest BCUT2D eigenvalue weighted by molar-refractivity contribution is 5.79. The fourth-order valence-electron chi connectivity index (χ4n) is 2.35. The quantitative estimate of drug-likeness (QED) is 0.913. The summed E-state index contributed by atoms with van der Waals surface area (Å²) in [5.41, 5.74) is 3.14. The van der Waals surface area contributed by atoms with E-state index >= 15 is 0 Å². The van der Waals surface area contributed by atoms with Crippen molar-refractivity contribution in [3.63, 3.8) is 0 Å². The van der Waals surface area contributed by atoms with Crippen LogP contribution in [0.4, 0.5) is 0 Å². The molecule has 0 aliphatic carbocycles. The summed E-state index contributed by atoms with van der Waals surface area (Å²) in [6.45, 7) is 3.97. The normalized spacial score (nSPS) is 11.8. The Balaban J connectivity index is 1.97. The van der Waals surface area contributed by atoms with Crippen molar-refractivity contribution in [2.45, 2.75) is 26.3 Å². The maximum atomic E-state index is 12.1. The second-order valence-corrected chi connectivity index (χ2v) is 5.18. The fraction of sp³-hybridized carbons (Fsp3) is 0.278. The second-order valence-electron chi connectivity index (χ2n) is 5.18. The van der Waals surface area contributed by atoms with Crippen LogP contribution in [-0.2, 0) is 11.2 Å².